The molecule has 1 aliphatic heterocycles. The van der Waals surface area contributed by atoms with Crippen molar-refractivity contribution >= 4 is 34.7 Å². The predicted molar refractivity (Wildman–Crippen MR) is 71.2 cm³/mol. The van der Waals surface area contributed by atoms with Gasteiger partial charge in [-0.2, -0.15) is 11.8 Å². The lowest BCUT2D eigenvalue weighted by molar-refractivity contribution is 0.407. The first-order valence-electron chi connectivity index (χ1n) is 5.37. The summed E-state index contributed by atoms with van der Waals surface area (Å²) in [6.45, 7) is 3.18. The predicted octanol–water partition coefficient (Wildman–Crippen LogP) is 3.81. The van der Waals surface area contributed by atoms with Crippen molar-refractivity contribution in [2.45, 2.75) is 19.4 Å². The molecule has 1 aromatic rings. The summed E-state index contributed by atoms with van der Waals surface area (Å²) >= 11 is 10.1. The molecule has 0 radical (unpaired) electrons. The van der Waals surface area contributed by atoms with E-state index in [9.17, 15) is 0 Å². The van der Waals surface area contributed by atoms with Gasteiger partial charge in [-0.3, -0.25) is 0 Å². The Morgan fingerprint density at radius 3 is 3.07 bits per heavy atom. The minimum Gasteiger partial charge on any atom is -0.309 e. The molecule has 0 spiro atoms. The molecule has 2 rings (SSSR count). The van der Waals surface area contributed by atoms with Crippen molar-refractivity contribution in [2.75, 3.05) is 18.1 Å². The Morgan fingerprint density at radius 2 is 2.53 bits per heavy atom. The minimum atomic E-state index is 0.470. The lowest BCUT2D eigenvalue weighted by Gasteiger charge is -2.23. The molecule has 84 valence electrons. The molecule has 1 saturated heterocycles. The summed E-state index contributed by atoms with van der Waals surface area (Å²) < 4.78 is 0. The van der Waals surface area contributed by atoms with E-state index in [0.717, 1.165) is 17.5 Å². The van der Waals surface area contributed by atoms with Gasteiger partial charge in [-0.05, 0) is 41.8 Å². The molecule has 1 aliphatic rings. The third-order valence-corrected chi connectivity index (χ3v) is 5.42. The number of rotatable bonds is 4. The van der Waals surface area contributed by atoms with E-state index in [1.165, 1.54) is 22.8 Å². The molecular weight excluding hydrogens is 246 g/mol. The first-order valence-corrected chi connectivity index (χ1v) is 7.78. The van der Waals surface area contributed by atoms with Crippen LogP contribution in [0.1, 0.15) is 24.3 Å². The number of hydrogen-bond donors (Lipinski definition) is 1. The summed E-state index contributed by atoms with van der Waals surface area (Å²) in [5.74, 6) is 3.33. The molecular formula is C11H16ClNS2. The molecule has 0 amide bonds. The van der Waals surface area contributed by atoms with Gasteiger partial charge in [0.15, 0.2) is 0 Å². The summed E-state index contributed by atoms with van der Waals surface area (Å²) in [5, 5.41) is 6.60. The lowest BCUT2D eigenvalue weighted by atomic mass is 9.98. The highest BCUT2D eigenvalue weighted by Gasteiger charge is 2.28. The van der Waals surface area contributed by atoms with Crippen LogP contribution < -0.4 is 5.32 Å². The van der Waals surface area contributed by atoms with Crippen molar-refractivity contribution in [2.24, 2.45) is 5.92 Å². The van der Waals surface area contributed by atoms with Gasteiger partial charge in [-0.15, -0.1) is 11.3 Å². The van der Waals surface area contributed by atoms with Crippen molar-refractivity contribution in [1.29, 1.82) is 0 Å². The standard InChI is InChI=1S/C11H16ClNS2/c1-2-13-10(8-3-5-14-7-8)11-9(12)4-6-15-11/h4,6,8,10,13H,2-3,5,7H2,1H3. The maximum absolute atomic E-state index is 6.21. The Morgan fingerprint density at radius 1 is 1.67 bits per heavy atom. The zero-order valence-corrected chi connectivity index (χ0v) is 11.2. The Kier molecular flexibility index (Phi) is 4.38. The zero-order chi connectivity index (χ0) is 10.7. The first-order chi connectivity index (χ1) is 7.33. The van der Waals surface area contributed by atoms with E-state index in [4.69, 9.17) is 11.6 Å². The van der Waals surface area contributed by atoms with Crippen molar-refractivity contribution in [3.63, 3.8) is 0 Å². The second-order valence-electron chi connectivity index (χ2n) is 3.79. The highest BCUT2D eigenvalue weighted by molar-refractivity contribution is 7.99. The number of halogens is 1. The van der Waals surface area contributed by atoms with Gasteiger partial charge in [0.1, 0.15) is 0 Å². The maximum atomic E-state index is 6.21. The first kappa shape index (κ1) is 11.8. The van der Waals surface area contributed by atoms with E-state index >= 15 is 0 Å². The number of thioether (sulfide) groups is 1. The molecule has 2 atom stereocenters. The number of thiophene rings is 1. The third-order valence-electron chi connectivity index (χ3n) is 2.79. The molecule has 2 unspecified atom stereocenters. The third kappa shape index (κ3) is 2.70. The summed E-state index contributed by atoms with van der Waals surface area (Å²) in [7, 11) is 0. The van der Waals surface area contributed by atoms with Crippen LogP contribution in [0.15, 0.2) is 11.4 Å². The number of hydrogen-bond acceptors (Lipinski definition) is 3. The van der Waals surface area contributed by atoms with Gasteiger partial charge in [0.2, 0.25) is 0 Å². The topological polar surface area (TPSA) is 12.0 Å². The van der Waals surface area contributed by atoms with E-state index in [1.54, 1.807) is 11.3 Å². The lowest BCUT2D eigenvalue weighted by Crippen LogP contribution is -2.27. The van der Waals surface area contributed by atoms with E-state index in [2.05, 4.69) is 29.4 Å². The molecule has 1 nitrogen and oxygen atoms in total. The van der Waals surface area contributed by atoms with Crippen molar-refractivity contribution in [3.05, 3.63) is 21.3 Å². The summed E-state index contributed by atoms with van der Waals surface area (Å²) in [6, 6.07) is 2.48. The van der Waals surface area contributed by atoms with Crippen molar-refractivity contribution in [1.82, 2.24) is 5.32 Å². The molecule has 1 N–H and O–H groups in total. The van der Waals surface area contributed by atoms with E-state index in [-0.39, 0.29) is 0 Å². The van der Waals surface area contributed by atoms with Crippen LogP contribution in [0, 0.1) is 5.92 Å². The van der Waals surface area contributed by atoms with Gasteiger partial charge in [0.25, 0.3) is 0 Å². The highest BCUT2D eigenvalue weighted by atomic mass is 35.5. The second-order valence-corrected chi connectivity index (χ2v) is 6.30. The van der Waals surface area contributed by atoms with Crippen LogP contribution in [0.3, 0.4) is 0 Å². The highest BCUT2D eigenvalue weighted by Crippen LogP contribution is 2.39. The normalized spacial score (nSPS) is 23.2. The Labute approximate surface area is 105 Å². The van der Waals surface area contributed by atoms with Crippen molar-refractivity contribution < 1.29 is 0 Å². The molecule has 0 aromatic carbocycles. The van der Waals surface area contributed by atoms with Gasteiger partial charge in [-0.1, -0.05) is 18.5 Å². The van der Waals surface area contributed by atoms with Crippen LogP contribution in [0.25, 0.3) is 0 Å². The van der Waals surface area contributed by atoms with Crippen LogP contribution in [0.4, 0.5) is 0 Å². The Balaban J connectivity index is 2.15. The van der Waals surface area contributed by atoms with Crippen molar-refractivity contribution in [3.8, 4) is 0 Å². The fourth-order valence-electron chi connectivity index (χ4n) is 2.04. The second kappa shape index (κ2) is 5.58. The van der Waals surface area contributed by atoms with Crippen LogP contribution in [0.2, 0.25) is 5.02 Å². The molecule has 0 bridgehead atoms. The van der Waals surface area contributed by atoms with E-state index in [1.807, 2.05) is 6.07 Å². The van der Waals surface area contributed by atoms with Gasteiger partial charge in [-0.25, -0.2) is 0 Å². The Hall–Kier alpha value is 0.300. The van der Waals surface area contributed by atoms with Crippen LogP contribution >= 0.6 is 34.7 Å². The summed E-state index contributed by atoms with van der Waals surface area (Å²) in [6.07, 6.45) is 1.32. The molecule has 2 heterocycles. The number of nitrogens with one attached hydrogen (secondary N) is 1. The SMILES string of the molecule is CCNC(c1sccc1Cl)C1CCSC1. The van der Waals surface area contributed by atoms with Gasteiger partial charge < -0.3 is 5.32 Å². The smallest absolute Gasteiger partial charge is 0.0561 e. The Bertz CT molecular complexity index is 307. The average Bonchev–Trinajstić information content (AvgIpc) is 2.85. The molecule has 15 heavy (non-hydrogen) atoms. The maximum Gasteiger partial charge on any atom is 0.0561 e. The van der Waals surface area contributed by atoms with Crippen LogP contribution in [-0.4, -0.2) is 18.1 Å². The van der Waals surface area contributed by atoms with Gasteiger partial charge >= 0.3 is 0 Å². The fraction of sp³-hybridized carbons (Fsp3) is 0.636. The summed E-state index contributed by atoms with van der Waals surface area (Å²) in [5.41, 5.74) is 0. The van der Waals surface area contributed by atoms with Gasteiger partial charge in [0.05, 0.1) is 5.02 Å². The van der Waals surface area contributed by atoms with E-state index < -0.39 is 0 Å². The molecule has 0 saturated carbocycles. The monoisotopic (exact) mass is 261 g/mol. The average molecular weight is 262 g/mol. The van der Waals surface area contributed by atoms with Crippen LogP contribution in [-0.2, 0) is 0 Å². The summed E-state index contributed by atoms with van der Waals surface area (Å²) in [4.78, 5) is 1.33. The fourth-order valence-corrected chi connectivity index (χ4v) is 4.68. The molecule has 4 heteroatoms. The van der Waals surface area contributed by atoms with Crippen LogP contribution in [0.5, 0.6) is 0 Å². The quantitative estimate of drug-likeness (QED) is 0.885. The van der Waals surface area contributed by atoms with Gasteiger partial charge in [0, 0.05) is 10.9 Å². The molecule has 0 aliphatic carbocycles. The largest absolute Gasteiger partial charge is 0.309 e. The van der Waals surface area contributed by atoms with E-state index in [0.29, 0.717) is 6.04 Å². The minimum absolute atomic E-state index is 0.470. The zero-order valence-electron chi connectivity index (χ0n) is 8.83. The molecule has 1 fully saturated rings. The molecule has 1 aromatic heterocycles.